The van der Waals surface area contributed by atoms with E-state index in [4.69, 9.17) is 9.47 Å². The maximum absolute atomic E-state index is 13.2. The molecule has 0 saturated carbocycles. The number of carbonyl (C=O) groups is 2. The number of methoxy groups -OCH3 is 1. The van der Waals surface area contributed by atoms with Crippen LogP contribution in [0.4, 0.5) is 0 Å². The number of carbonyl (C=O) groups excluding carboxylic acids is 2. The van der Waals surface area contributed by atoms with Gasteiger partial charge in [-0.25, -0.2) is 4.79 Å². The molecule has 1 atom stereocenters. The molecule has 0 spiro atoms. The van der Waals surface area contributed by atoms with Crippen molar-refractivity contribution in [3.8, 4) is 5.75 Å². The SMILES string of the molecule is CCOC(=O)c1c(C)[nH]c(C(=O)N(CC)C(C)Cc2ccc(OC)cc2)c1C. The van der Waals surface area contributed by atoms with Gasteiger partial charge in [0.25, 0.3) is 5.91 Å². The molecule has 6 nitrogen and oxygen atoms in total. The second kappa shape index (κ2) is 9.44. The number of likely N-dealkylation sites (N-methyl/N-ethyl adjacent to an activating group) is 1. The van der Waals surface area contributed by atoms with Crippen LogP contribution < -0.4 is 4.74 Å². The first-order valence-electron chi connectivity index (χ1n) is 9.64. The fourth-order valence-corrected chi connectivity index (χ4v) is 3.49. The predicted molar refractivity (Wildman–Crippen MR) is 109 cm³/mol. The van der Waals surface area contributed by atoms with Crippen molar-refractivity contribution >= 4 is 11.9 Å². The Balaban J connectivity index is 2.22. The van der Waals surface area contributed by atoms with Gasteiger partial charge in [0, 0.05) is 18.3 Å². The van der Waals surface area contributed by atoms with Gasteiger partial charge in [0.05, 0.1) is 19.3 Å². The van der Waals surface area contributed by atoms with Gasteiger partial charge < -0.3 is 19.4 Å². The number of amides is 1. The molecule has 152 valence electrons. The van der Waals surface area contributed by atoms with Gasteiger partial charge in [-0.2, -0.15) is 0 Å². The molecule has 1 aromatic carbocycles. The summed E-state index contributed by atoms with van der Waals surface area (Å²) in [5.41, 5.74) is 3.31. The predicted octanol–water partition coefficient (Wildman–Crippen LogP) is 3.91. The Bertz CT molecular complexity index is 824. The Morgan fingerprint density at radius 3 is 2.32 bits per heavy atom. The quantitative estimate of drug-likeness (QED) is 0.698. The summed E-state index contributed by atoms with van der Waals surface area (Å²) in [5.74, 6) is 0.297. The van der Waals surface area contributed by atoms with E-state index in [1.165, 1.54) is 0 Å². The van der Waals surface area contributed by atoms with Crippen molar-refractivity contribution in [3.63, 3.8) is 0 Å². The molecule has 1 amide bonds. The summed E-state index contributed by atoms with van der Waals surface area (Å²) in [7, 11) is 1.64. The second-order valence-corrected chi connectivity index (χ2v) is 6.84. The molecule has 2 aromatic rings. The molecule has 1 heterocycles. The number of nitrogens with one attached hydrogen (secondary N) is 1. The average molecular weight is 386 g/mol. The highest BCUT2D eigenvalue weighted by Gasteiger charge is 2.27. The fourth-order valence-electron chi connectivity index (χ4n) is 3.49. The van der Waals surface area contributed by atoms with Gasteiger partial charge in [0.2, 0.25) is 0 Å². The van der Waals surface area contributed by atoms with Crippen LogP contribution in [0, 0.1) is 13.8 Å². The lowest BCUT2D eigenvalue weighted by atomic mass is 10.0. The Hall–Kier alpha value is -2.76. The van der Waals surface area contributed by atoms with E-state index in [0.29, 0.717) is 35.7 Å². The highest BCUT2D eigenvalue weighted by atomic mass is 16.5. The van der Waals surface area contributed by atoms with Gasteiger partial charge >= 0.3 is 5.97 Å². The third-order valence-corrected chi connectivity index (χ3v) is 4.95. The highest BCUT2D eigenvalue weighted by molar-refractivity contribution is 6.00. The van der Waals surface area contributed by atoms with Gasteiger partial charge in [-0.15, -0.1) is 0 Å². The van der Waals surface area contributed by atoms with Crippen LogP contribution in [0.15, 0.2) is 24.3 Å². The lowest BCUT2D eigenvalue weighted by molar-refractivity contribution is 0.0525. The zero-order valence-corrected chi connectivity index (χ0v) is 17.6. The van der Waals surface area contributed by atoms with Crippen molar-refractivity contribution in [2.75, 3.05) is 20.3 Å². The molecule has 0 aliphatic heterocycles. The average Bonchev–Trinajstić information content (AvgIpc) is 2.97. The van der Waals surface area contributed by atoms with Gasteiger partial charge in [0.1, 0.15) is 11.4 Å². The van der Waals surface area contributed by atoms with Crippen molar-refractivity contribution < 1.29 is 19.1 Å². The molecular formula is C22H30N2O4. The maximum atomic E-state index is 13.2. The van der Waals surface area contributed by atoms with Crippen LogP contribution in [0.3, 0.4) is 0 Å². The van der Waals surface area contributed by atoms with E-state index >= 15 is 0 Å². The molecule has 28 heavy (non-hydrogen) atoms. The number of hydrogen-bond acceptors (Lipinski definition) is 4. The summed E-state index contributed by atoms with van der Waals surface area (Å²) < 4.78 is 10.3. The summed E-state index contributed by atoms with van der Waals surface area (Å²) in [4.78, 5) is 30.3. The van der Waals surface area contributed by atoms with Gasteiger partial charge in [-0.05, 0) is 64.3 Å². The molecule has 0 saturated heterocycles. The maximum Gasteiger partial charge on any atom is 0.340 e. The first kappa shape index (κ1) is 21.5. The van der Waals surface area contributed by atoms with Crippen molar-refractivity contribution in [1.29, 1.82) is 0 Å². The van der Waals surface area contributed by atoms with Crippen LogP contribution in [0.25, 0.3) is 0 Å². The zero-order chi connectivity index (χ0) is 20.8. The number of H-pyrrole nitrogens is 1. The minimum atomic E-state index is -0.401. The molecule has 1 aromatic heterocycles. The Morgan fingerprint density at radius 2 is 1.79 bits per heavy atom. The zero-order valence-electron chi connectivity index (χ0n) is 17.6. The van der Waals surface area contributed by atoms with Gasteiger partial charge in [-0.1, -0.05) is 12.1 Å². The molecule has 0 aliphatic carbocycles. The van der Waals surface area contributed by atoms with Gasteiger partial charge in [0.15, 0.2) is 0 Å². The van der Waals surface area contributed by atoms with Crippen LogP contribution in [0.2, 0.25) is 0 Å². The normalized spacial score (nSPS) is 11.8. The van der Waals surface area contributed by atoms with Gasteiger partial charge in [-0.3, -0.25) is 4.79 Å². The number of ether oxygens (including phenoxy) is 2. The Morgan fingerprint density at radius 1 is 1.14 bits per heavy atom. The Labute approximate surface area is 166 Å². The van der Waals surface area contributed by atoms with E-state index < -0.39 is 5.97 Å². The summed E-state index contributed by atoms with van der Waals surface area (Å²) >= 11 is 0. The standard InChI is InChI=1S/C22H30N2O4/c1-7-24(14(3)13-17-9-11-18(27-6)12-10-17)21(25)20-15(4)19(16(5)23-20)22(26)28-8-2/h9-12,14,23H,7-8,13H2,1-6H3. The molecule has 1 unspecified atom stereocenters. The number of aryl methyl sites for hydroxylation is 1. The lowest BCUT2D eigenvalue weighted by Gasteiger charge is -2.28. The lowest BCUT2D eigenvalue weighted by Crippen LogP contribution is -2.40. The molecule has 0 bridgehead atoms. The molecule has 1 N–H and O–H groups in total. The van der Waals surface area contributed by atoms with E-state index in [2.05, 4.69) is 4.98 Å². The molecule has 0 radical (unpaired) electrons. The summed E-state index contributed by atoms with van der Waals surface area (Å²) in [6.07, 6.45) is 0.729. The number of esters is 1. The molecule has 6 heteroatoms. The van der Waals surface area contributed by atoms with Crippen LogP contribution in [0.5, 0.6) is 5.75 Å². The monoisotopic (exact) mass is 386 g/mol. The van der Waals surface area contributed by atoms with E-state index in [-0.39, 0.29) is 11.9 Å². The summed E-state index contributed by atoms with van der Waals surface area (Å²) in [5, 5.41) is 0. The van der Waals surface area contributed by atoms with E-state index in [0.717, 1.165) is 17.7 Å². The summed E-state index contributed by atoms with van der Waals surface area (Å²) in [6.45, 7) is 10.2. The molecule has 2 rings (SSSR count). The highest BCUT2D eigenvalue weighted by Crippen LogP contribution is 2.22. The molecular weight excluding hydrogens is 356 g/mol. The van der Waals surface area contributed by atoms with E-state index in [9.17, 15) is 9.59 Å². The minimum absolute atomic E-state index is 0.0000515. The second-order valence-electron chi connectivity index (χ2n) is 6.84. The number of rotatable bonds is 8. The first-order valence-corrected chi connectivity index (χ1v) is 9.64. The van der Waals surface area contributed by atoms with Crippen molar-refractivity contribution in [2.24, 2.45) is 0 Å². The van der Waals surface area contributed by atoms with Crippen molar-refractivity contribution in [3.05, 3.63) is 52.3 Å². The largest absolute Gasteiger partial charge is 0.497 e. The van der Waals surface area contributed by atoms with Crippen LogP contribution >= 0.6 is 0 Å². The Kier molecular flexibility index (Phi) is 7.26. The third-order valence-electron chi connectivity index (χ3n) is 4.95. The number of hydrogen-bond donors (Lipinski definition) is 1. The third kappa shape index (κ3) is 4.55. The van der Waals surface area contributed by atoms with Crippen molar-refractivity contribution in [1.82, 2.24) is 9.88 Å². The van der Waals surface area contributed by atoms with Crippen molar-refractivity contribution in [2.45, 2.75) is 47.1 Å². The topological polar surface area (TPSA) is 71.6 Å². The smallest absolute Gasteiger partial charge is 0.340 e. The summed E-state index contributed by atoms with van der Waals surface area (Å²) in [6, 6.07) is 7.86. The number of nitrogens with zero attached hydrogens (tertiary/aromatic N) is 1. The van der Waals surface area contributed by atoms with Crippen LogP contribution in [-0.2, 0) is 11.2 Å². The minimum Gasteiger partial charge on any atom is -0.497 e. The number of aromatic amines is 1. The fraction of sp³-hybridized carbons (Fsp3) is 0.455. The number of aromatic nitrogens is 1. The van der Waals surface area contributed by atoms with Crippen LogP contribution in [-0.4, -0.2) is 48.1 Å². The molecule has 0 aliphatic rings. The van der Waals surface area contributed by atoms with Crippen LogP contribution in [0.1, 0.15) is 58.4 Å². The molecule has 0 fully saturated rings. The van der Waals surface area contributed by atoms with E-state index in [1.807, 2.05) is 43.0 Å². The number of benzene rings is 1. The van der Waals surface area contributed by atoms with E-state index in [1.54, 1.807) is 27.9 Å². The first-order chi connectivity index (χ1) is 13.3.